The number of benzene rings is 1. The third kappa shape index (κ3) is 3.27. The van der Waals surface area contributed by atoms with Crippen LogP contribution >= 0.6 is 0 Å². The number of nitrogens with zero attached hydrogens (tertiary/aromatic N) is 1. The van der Waals surface area contributed by atoms with Crippen LogP contribution in [0.1, 0.15) is 10.5 Å². The molecule has 5 heteroatoms. The van der Waals surface area contributed by atoms with E-state index < -0.39 is 6.29 Å². The smallest absolute Gasteiger partial charge is 0.270 e. The van der Waals surface area contributed by atoms with Gasteiger partial charge in [-0.2, -0.15) is 0 Å². The number of fused-ring (bicyclic) bond motifs is 1. The van der Waals surface area contributed by atoms with E-state index >= 15 is 0 Å². The number of hydrogen-bond acceptors (Lipinski definition) is 4. The maximum Gasteiger partial charge on any atom is 0.270 e. The van der Waals surface area contributed by atoms with Gasteiger partial charge in [0.2, 0.25) is 0 Å². The lowest BCUT2D eigenvalue weighted by molar-refractivity contribution is -0.0974. The minimum Gasteiger partial charge on any atom is -0.354 e. The molecule has 0 unspecified atom stereocenters. The summed E-state index contributed by atoms with van der Waals surface area (Å²) in [6.07, 6.45) is -0.454. The molecule has 0 saturated heterocycles. The second-order valence-corrected chi connectivity index (χ2v) is 4.00. The molecule has 19 heavy (non-hydrogen) atoms. The molecule has 0 aliphatic carbocycles. The van der Waals surface area contributed by atoms with Crippen molar-refractivity contribution in [2.24, 2.45) is 0 Å². The first-order chi connectivity index (χ1) is 9.24. The highest BCUT2D eigenvalue weighted by atomic mass is 16.7. The Kier molecular flexibility index (Phi) is 4.43. The van der Waals surface area contributed by atoms with Crippen LogP contribution in [0.2, 0.25) is 0 Å². The van der Waals surface area contributed by atoms with Crippen molar-refractivity contribution in [1.82, 2.24) is 10.3 Å². The fourth-order valence-corrected chi connectivity index (χ4v) is 1.72. The first-order valence-electron chi connectivity index (χ1n) is 5.94. The van der Waals surface area contributed by atoms with Crippen molar-refractivity contribution in [1.29, 1.82) is 0 Å². The van der Waals surface area contributed by atoms with Crippen LogP contribution < -0.4 is 5.32 Å². The molecule has 0 atom stereocenters. The van der Waals surface area contributed by atoms with E-state index in [0.717, 1.165) is 10.9 Å². The van der Waals surface area contributed by atoms with Crippen molar-refractivity contribution in [3.05, 3.63) is 42.1 Å². The zero-order chi connectivity index (χ0) is 13.7. The third-order valence-electron chi connectivity index (χ3n) is 2.79. The molecule has 2 aromatic rings. The van der Waals surface area contributed by atoms with E-state index in [9.17, 15) is 4.79 Å². The summed E-state index contributed by atoms with van der Waals surface area (Å²) in [6.45, 7) is 0.278. The number of nitrogens with one attached hydrogen (secondary N) is 1. The fraction of sp³-hybridized carbons (Fsp3) is 0.286. The number of amides is 1. The second-order valence-electron chi connectivity index (χ2n) is 4.00. The molecule has 1 aromatic heterocycles. The Balaban J connectivity index is 2.09. The normalized spacial score (nSPS) is 10.9. The summed E-state index contributed by atoms with van der Waals surface area (Å²) >= 11 is 0. The van der Waals surface area contributed by atoms with E-state index in [2.05, 4.69) is 10.3 Å². The second kappa shape index (κ2) is 6.26. The van der Waals surface area contributed by atoms with Crippen molar-refractivity contribution < 1.29 is 14.3 Å². The largest absolute Gasteiger partial charge is 0.354 e. The highest BCUT2D eigenvalue weighted by Crippen LogP contribution is 2.11. The molecule has 100 valence electrons. The summed E-state index contributed by atoms with van der Waals surface area (Å²) in [5.41, 5.74) is 1.18. The van der Waals surface area contributed by atoms with Crippen LogP contribution in [0.25, 0.3) is 10.9 Å². The molecule has 5 nitrogen and oxygen atoms in total. The van der Waals surface area contributed by atoms with Gasteiger partial charge in [0.05, 0.1) is 12.1 Å². The lowest BCUT2D eigenvalue weighted by Crippen LogP contribution is -2.34. The number of pyridine rings is 1. The van der Waals surface area contributed by atoms with Crippen LogP contribution in [-0.2, 0) is 9.47 Å². The molecule has 1 amide bonds. The van der Waals surface area contributed by atoms with Gasteiger partial charge < -0.3 is 14.8 Å². The summed E-state index contributed by atoms with van der Waals surface area (Å²) in [5.74, 6) is -0.246. The zero-order valence-electron chi connectivity index (χ0n) is 10.9. The number of methoxy groups -OCH3 is 2. The molecule has 2 rings (SSSR count). The van der Waals surface area contributed by atoms with E-state index in [1.165, 1.54) is 14.2 Å². The number of ether oxygens (including phenoxy) is 2. The van der Waals surface area contributed by atoms with Crippen molar-refractivity contribution in [3.8, 4) is 0 Å². The van der Waals surface area contributed by atoms with E-state index in [-0.39, 0.29) is 12.5 Å². The highest BCUT2D eigenvalue weighted by Gasteiger charge is 2.11. The van der Waals surface area contributed by atoms with Gasteiger partial charge in [0.25, 0.3) is 5.91 Å². The molecule has 0 fully saturated rings. The summed E-state index contributed by atoms with van der Waals surface area (Å²) < 4.78 is 10.00. The summed E-state index contributed by atoms with van der Waals surface area (Å²) in [4.78, 5) is 16.3. The predicted octanol–water partition coefficient (Wildman–Crippen LogP) is 1.58. The Hall–Kier alpha value is -1.98. The van der Waals surface area contributed by atoms with Gasteiger partial charge >= 0.3 is 0 Å². The fourth-order valence-electron chi connectivity index (χ4n) is 1.72. The minimum atomic E-state index is -0.454. The summed E-state index contributed by atoms with van der Waals surface area (Å²) in [7, 11) is 3.04. The Labute approximate surface area is 111 Å². The SMILES string of the molecule is COC(CNC(=O)c1ccc2ccccc2n1)OC. The molecule has 0 aliphatic rings. The monoisotopic (exact) mass is 260 g/mol. The molecule has 1 aromatic carbocycles. The number of carbonyl (C=O) groups excluding carboxylic acids is 1. The molecule has 1 heterocycles. The van der Waals surface area contributed by atoms with Crippen LogP contribution in [0.4, 0.5) is 0 Å². The van der Waals surface area contributed by atoms with Crippen molar-refractivity contribution in [2.75, 3.05) is 20.8 Å². The lowest BCUT2D eigenvalue weighted by atomic mass is 10.2. The number of carbonyl (C=O) groups is 1. The molecule has 0 bridgehead atoms. The number of para-hydroxylation sites is 1. The minimum absolute atomic E-state index is 0.246. The van der Waals surface area contributed by atoms with Gasteiger partial charge in [-0.15, -0.1) is 0 Å². The van der Waals surface area contributed by atoms with Crippen molar-refractivity contribution in [3.63, 3.8) is 0 Å². The average Bonchev–Trinajstić information content (AvgIpc) is 2.47. The molecular weight excluding hydrogens is 244 g/mol. The zero-order valence-corrected chi connectivity index (χ0v) is 10.9. The Morgan fingerprint density at radius 3 is 2.68 bits per heavy atom. The van der Waals surface area contributed by atoms with Gasteiger partial charge in [-0.1, -0.05) is 24.3 Å². The topological polar surface area (TPSA) is 60.5 Å². The first-order valence-corrected chi connectivity index (χ1v) is 5.94. The highest BCUT2D eigenvalue weighted by molar-refractivity contribution is 5.94. The van der Waals surface area contributed by atoms with Gasteiger partial charge in [0.15, 0.2) is 6.29 Å². The quantitative estimate of drug-likeness (QED) is 0.829. The van der Waals surface area contributed by atoms with Gasteiger partial charge in [-0.05, 0) is 12.1 Å². The van der Waals surface area contributed by atoms with Gasteiger partial charge in [-0.3, -0.25) is 4.79 Å². The molecule has 0 radical (unpaired) electrons. The average molecular weight is 260 g/mol. The molecule has 0 aliphatic heterocycles. The predicted molar refractivity (Wildman–Crippen MR) is 71.9 cm³/mol. The van der Waals surface area contributed by atoms with Gasteiger partial charge in [0, 0.05) is 19.6 Å². The first kappa shape index (κ1) is 13.5. The van der Waals surface area contributed by atoms with Crippen LogP contribution in [-0.4, -0.2) is 37.9 Å². The van der Waals surface area contributed by atoms with Crippen LogP contribution in [0.15, 0.2) is 36.4 Å². The van der Waals surface area contributed by atoms with Crippen molar-refractivity contribution >= 4 is 16.8 Å². The number of hydrogen-bond donors (Lipinski definition) is 1. The maximum absolute atomic E-state index is 11.9. The standard InChI is InChI=1S/C14H16N2O3/c1-18-13(19-2)9-15-14(17)12-8-7-10-5-3-4-6-11(10)16-12/h3-8,13H,9H2,1-2H3,(H,15,17). The third-order valence-corrected chi connectivity index (χ3v) is 2.79. The summed E-state index contributed by atoms with van der Waals surface area (Å²) in [5, 5.41) is 3.72. The van der Waals surface area contributed by atoms with E-state index in [1.54, 1.807) is 6.07 Å². The number of aromatic nitrogens is 1. The van der Waals surface area contributed by atoms with E-state index in [0.29, 0.717) is 5.69 Å². The maximum atomic E-state index is 11.9. The van der Waals surface area contributed by atoms with E-state index in [1.807, 2.05) is 30.3 Å². The summed E-state index contributed by atoms with van der Waals surface area (Å²) in [6, 6.07) is 11.2. The van der Waals surface area contributed by atoms with Gasteiger partial charge in [0.1, 0.15) is 5.69 Å². The van der Waals surface area contributed by atoms with Crippen molar-refractivity contribution in [2.45, 2.75) is 6.29 Å². The lowest BCUT2D eigenvalue weighted by Gasteiger charge is -2.13. The van der Waals surface area contributed by atoms with E-state index in [4.69, 9.17) is 9.47 Å². The Morgan fingerprint density at radius 2 is 1.95 bits per heavy atom. The van der Waals surface area contributed by atoms with Gasteiger partial charge in [-0.25, -0.2) is 4.98 Å². The Morgan fingerprint density at radius 1 is 1.21 bits per heavy atom. The molecular formula is C14H16N2O3. The molecule has 1 N–H and O–H groups in total. The van der Waals surface area contributed by atoms with Crippen LogP contribution in [0.5, 0.6) is 0 Å². The molecule has 0 spiro atoms. The number of rotatable bonds is 5. The molecule has 0 saturated carbocycles. The Bertz CT molecular complexity index is 567. The van der Waals surface area contributed by atoms with Crippen LogP contribution in [0.3, 0.4) is 0 Å². The van der Waals surface area contributed by atoms with Crippen LogP contribution in [0, 0.1) is 0 Å².